The molecule has 0 amide bonds. The predicted octanol–water partition coefficient (Wildman–Crippen LogP) is 4.79. The van der Waals surface area contributed by atoms with Crippen molar-refractivity contribution in [2.24, 2.45) is 0 Å². The Morgan fingerprint density at radius 1 is 0.971 bits per heavy atom. The lowest BCUT2D eigenvalue weighted by Crippen LogP contribution is -2.08. The molecule has 4 rings (SSSR count). The molecule has 34 heavy (non-hydrogen) atoms. The minimum absolute atomic E-state index is 0.152. The number of hydrogen-bond acceptors (Lipinski definition) is 9. The van der Waals surface area contributed by atoms with Crippen molar-refractivity contribution < 1.29 is 28.2 Å². The first-order valence-electron chi connectivity index (χ1n) is 10.6. The molecule has 0 aliphatic rings. The lowest BCUT2D eigenvalue weighted by Gasteiger charge is -2.12. The Balaban J connectivity index is 1.56. The summed E-state index contributed by atoms with van der Waals surface area (Å²) < 4.78 is 27.3. The van der Waals surface area contributed by atoms with Crippen LogP contribution in [0.25, 0.3) is 22.4 Å². The highest BCUT2D eigenvalue weighted by Crippen LogP contribution is 2.40. The molecule has 0 atom stereocenters. The average molecular weight is 463 g/mol. The number of benzene rings is 2. The van der Waals surface area contributed by atoms with Gasteiger partial charge in [0.25, 0.3) is 5.89 Å². The Morgan fingerprint density at radius 2 is 1.68 bits per heavy atom. The van der Waals surface area contributed by atoms with Crippen LogP contribution in [0.5, 0.6) is 17.2 Å². The van der Waals surface area contributed by atoms with Crippen molar-refractivity contribution in [2.45, 2.75) is 26.4 Å². The van der Waals surface area contributed by atoms with Gasteiger partial charge in [-0.05, 0) is 30.2 Å². The number of esters is 1. The van der Waals surface area contributed by atoms with E-state index in [0.717, 1.165) is 16.6 Å². The molecule has 0 bridgehead atoms. The summed E-state index contributed by atoms with van der Waals surface area (Å²) in [6, 6.07) is 12.6. The van der Waals surface area contributed by atoms with E-state index in [4.69, 9.17) is 23.4 Å². The van der Waals surface area contributed by atoms with Gasteiger partial charge in [-0.2, -0.15) is 0 Å². The lowest BCUT2D eigenvalue weighted by molar-refractivity contribution is 0.0441. The molecule has 4 aromatic rings. The van der Waals surface area contributed by atoms with E-state index in [1.807, 2.05) is 38.1 Å². The molecule has 0 radical (unpaired) electrons. The normalized spacial score (nSPS) is 11.0. The summed E-state index contributed by atoms with van der Waals surface area (Å²) in [5, 5.41) is 8.78. The Morgan fingerprint density at radius 3 is 2.32 bits per heavy atom. The summed E-state index contributed by atoms with van der Waals surface area (Å²) in [7, 11) is 4.57. The molecular formula is C25H25N3O6. The third-order valence-electron chi connectivity index (χ3n) is 5.25. The number of carbonyl (C=O) groups excluding carboxylic acids is 1. The number of rotatable bonds is 8. The van der Waals surface area contributed by atoms with E-state index < -0.39 is 5.97 Å². The predicted molar refractivity (Wildman–Crippen MR) is 124 cm³/mol. The topological polar surface area (TPSA) is 106 Å². The fourth-order valence-corrected chi connectivity index (χ4v) is 3.50. The van der Waals surface area contributed by atoms with E-state index in [9.17, 15) is 4.79 Å². The first-order valence-corrected chi connectivity index (χ1v) is 10.6. The van der Waals surface area contributed by atoms with Crippen molar-refractivity contribution in [2.75, 3.05) is 21.3 Å². The molecule has 0 spiro atoms. The third kappa shape index (κ3) is 4.50. The standard InChI is InChI=1S/C25H25N3O6/c1-14(2)19-12-17(16-8-6-7-9-18(16)26-19)25(29)33-13-22-27-28-24(34-22)15-10-20(30-3)23(32-5)21(11-15)31-4/h6-12,14H,13H2,1-5H3. The highest BCUT2D eigenvalue weighted by atomic mass is 16.5. The number of fused-ring (bicyclic) bond motifs is 1. The zero-order chi connectivity index (χ0) is 24.2. The molecule has 9 nitrogen and oxygen atoms in total. The van der Waals surface area contributed by atoms with E-state index in [-0.39, 0.29) is 24.3 Å². The van der Waals surface area contributed by atoms with Crippen molar-refractivity contribution in [1.82, 2.24) is 15.2 Å². The van der Waals surface area contributed by atoms with Crippen LogP contribution in [-0.4, -0.2) is 42.5 Å². The van der Waals surface area contributed by atoms with Gasteiger partial charge < -0.3 is 23.4 Å². The number of aromatic nitrogens is 3. The van der Waals surface area contributed by atoms with Crippen LogP contribution in [0.15, 0.2) is 46.9 Å². The molecule has 0 saturated carbocycles. The number of pyridine rings is 1. The minimum Gasteiger partial charge on any atom is -0.493 e. The molecule has 0 saturated heterocycles. The Kier molecular flexibility index (Phi) is 6.62. The van der Waals surface area contributed by atoms with Crippen LogP contribution in [-0.2, 0) is 11.3 Å². The third-order valence-corrected chi connectivity index (χ3v) is 5.25. The van der Waals surface area contributed by atoms with Gasteiger partial charge in [0.15, 0.2) is 18.1 Å². The van der Waals surface area contributed by atoms with Crippen LogP contribution < -0.4 is 14.2 Å². The van der Waals surface area contributed by atoms with Gasteiger partial charge in [-0.15, -0.1) is 10.2 Å². The van der Waals surface area contributed by atoms with Crippen LogP contribution >= 0.6 is 0 Å². The molecule has 2 aromatic carbocycles. The summed E-state index contributed by atoms with van der Waals surface area (Å²) in [5.74, 6) is 1.40. The number of hydrogen-bond donors (Lipinski definition) is 0. The van der Waals surface area contributed by atoms with Gasteiger partial charge in [0.2, 0.25) is 11.6 Å². The van der Waals surface area contributed by atoms with Gasteiger partial charge in [0.1, 0.15) is 0 Å². The van der Waals surface area contributed by atoms with E-state index in [1.165, 1.54) is 21.3 Å². The molecule has 0 fully saturated rings. The van der Waals surface area contributed by atoms with Gasteiger partial charge in [0, 0.05) is 16.6 Å². The van der Waals surface area contributed by atoms with Crippen molar-refractivity contribution >= 4 is 16.9 Å². The molecule has 2 aromatic heterocycles. The van der Waals surface area contributed by atoms with E-state index >= 15 is 0 Å². The smallest absolute Gasteiger partial charge is 0.339 e. The maximum Gasteiger partial charge on any atom is 0.339 e. The molecule has 0 N–H and O–H groups in total. The molecular weight excluding hydrogens is 438 g/mol. The van der Waals surface area contributed by atoms with Crippen LogP contribution in [0.3, 0.4) is 0 Å². The molecule has 9 heteroatoms. The van der Waals surface area contributed by atoms with Crippen LogP contribution in [0, 0.1) is 0 Å². The first kappa shape index (κ1) is 23.0. The van der Waals surface area contributed by atoms with Crippen LogP contribution in [0.1, 0.15) is 41.7 Å². The van der Waals surface area contributed by atoms with Gasteiger partial charge >= 0.3 is 5.97 Å². The summed E-state index contributed by atoms with van der Waals surface area (Å²) in [5.41, 5.74) is 2.57. The second-order valence-electron chi connectivity index (χ2n) is 7.76. The minimum atomic E-state index is -0.493. The van der Waals surface area contributed by atoms with E-state index in [0.29, 0.717) is 28.4 Å². The highest BCUT2D eigenvalue weighted by molar-refractivity contribution is 6.03. The second-order valence-corrected chi connectivity index (χ2v) is 7.76. The van der Waals surface area contributed by atoms with Crippen LogP contribution in [0.2, 0.25) is 0 Å². The zero-order valence-corrected chi connectivity index (χ0v) is 19.6. The molecule has 0 unspecified atom stereocenters. The number of para-hydroxylation sites is 1. The summed E-state index contributed by atoms with van der Waals surface area (Å²) in [6.45, 7) is 3.87. The first-order chi connectivity index (χ1) is 16.4. The van der Waals surface area contributed by atoms with Crippen molar-refractivity contribution in [3.63, 3.8) is 0 Å². The van der Waals surface area contributed by atoms with E-state index in [2.05, 4.69) is 15.2 Å². The van der Waals surface area contributed by atoms with Gasteiger partial charge in [0.05, 0.1) is 32.4 Å². The van der Waals surface area contributed by atoms with Crippen molar-refractivity contribution in [1.29, 1.82) is 0 Å². The fraction of sp³-hybridized carbons (Fsp3) is 0.280. The monoisotopic (exact) mass is 463 g/mol. The van der Waals surface area contributed by atoms with Gasteiger partial charge in [-0.3, -0.25) is 4.98 Å². The average Bonchev–Trinajstić information content (AvgIpc) is 3.34. The molecule has 176 valence electrons. The highest BCUT2D eigenvalue weighted by Gasteiger charge is 2.20. The van der Waals surface area contributed by atoms with Gasteiger partial charge in [-0.1, -0.05) is 32.0 Å². The zero-order valence-electron chi connectivity index (χ0n) is 19.6. The SMILES string of the molecule is COc1cc(-c2nnc(COC(=O)c3cc(C(C)C)nc4ccccc34)o2)cc(OC)c1OC. The second kappa shape index (κ2) is 9.78. The van der Waals surface area contributed by atoms with Crippen LogP contribution in [0.4, 0.5) is 0 Å². The molecule has 0 aliphatic heterocycles. The largest absolute Gasteiger partial charge is 0.493 e. The maximum atomic E-state index is 12.9. The summed E-state index contributed by atoms with van der Waals surface area (Å²) >= 11 is 0. The van der Waals surface area contributed by atoms with Crippen molar-refractivity contribution in [3.05, 3.63) is 59.6 Å². The number of nitrogens with zero attached hydrogens (tertiary/aromatic N) is 3. The Labute approximate surface area is 196 Å². The fourth-order valence-electron chi connectivity index (χ4n) is 3.50. The van der Waals surface area contributed by atoms with E-state index in [1.54, 1.807) is 18.2 Å². The Bertz CT molecular complexity index is 1310. The summed E-state index contributed by atoms with van der Waals surface area (Å²) in [6.07, 6.45) is 0. The maximum absolute atomic E-state index is 12.9. The quantitative estimate of drug-likeness (QED) is 0.341. The number of ether oxygens (including phenoxy) is 4. The Hall–Kier alpha value is -4.14. The molecule has 2 heterocycles. The van der Waals surface area contributed by atoms with Gasteiger partial charge in [-0.25, -0.2) is 4.79 Å². The number of methoxy groups -OCH3 is 3. The number of carbonyl (C=O) groups is 1. The lowest BCUT2D eigenvalue weighted by atomic mass is 10.0. The molecule has 0 aliphatic carbocycles. The van der Waals surface area contributed by atoms with Crippen molar-refractivity contribution in [3.8, 4) is 28.7 Å². The summed E-state index contributed by atoms with van der Waals surface area (Å²) in [4.78, 5) is 17.6.